The number of nitrogens with zero attached hydrogens (tertiary/aromatic N) is 3. The van der Waals surface area contributed by atoms with Crippen molar-refractivity contribution < 1.29 is 0 Å². The van der Waals surface area contributed by atoms with Gasteiger partial charge < -0.3 is 0 Å². The molecule has 0 aromatic carbocycles. The van der Waals surface area contributed by atoms with E-state index in [1.165, 1.54) is 0 Å². The Hall–Kier alpha value is -0.690. The molecule has 0 unspecified atom stereocenters. The molecule has 1 aliphatic rings. The fraction of sp³-hybridized carbons (Fsp3) is 1.00. The van der Waals surface area contributed by atoms with Gasteiger partial charge in [0, 0.05) is 10.5 Å². The number of hydrogen-bond acceptors (Lipinski definition) is 1. The van der Waals surface area contributed by atoms with Crippen LogP contribution < -0.4 is 0 Å². The van der Waals surface area contributed by atoms with E-state index in [9.17, 15) is 0 Å². The van der Waals surface area contributed by atoms with Crippen LogP contribution >= 0.6 is 0 Å². The molecule has 0 bridgehead atoms. The molecule has 0 aliphatic heterocycles. The maximum Gasteiger partial charge on any atom is 0.0460 e. The third-order valence-corrected chi connectivity index (χ3v) is 1.26. The van der Waals surface area contributed by atoms with Crippen LogP contribution in [0, 0.1) is 0 Å². The van der Waals surface area contributed by atoms with Crippen LogP contribution in [-0.2, 0) is 0 Å². The third kappa shape index (κ3) is 0.842. The van der Waals surface area contributed by atoms with Crippen molar-refractivity contribution in [2.24, 2.45) is 5.11 Å². The van der Waals surface area contributed by atoms with E-state index in [1.54, 1.807) is 0 Å². The van der Waals surface area contributed by atoms with Gasteiger partial charge in [0.05, 0.1) is 0 Å². The first kappa shape index (κ1) is 4.47. The van der Waals surface area contributed by atoms with Gasteiger partial charge >= 0.3 is 0 Å². The van der Waals surface area contributed by atoms with Crippen molar-refractivity contribution in [2.45, 2.75) is 25.3 Å². The molecule has 1 rings (SSSR count). The molecule has 0 aromatic rings. The Kier molecular flexibility index (Phi) is 0.726. The fourth-order valence-electron chi connectivity index (χ4n) is 0.389. The van der Waals surface area contributed by atoms with E-state index in [-0.39, 0.29) is 5.54 Å². The average molecular weight is 97.1 g/mol. The van der Waals surface area contributed by atoms with Gasteiger partial charge in [-0.05, 0) is 18.4 Å². The first-order chi connectivity index (χ1) is 3.27. The predicted molar refractivity (Wildman–Crippen MR) is 26.8 cm³/mol. The second-order valence-corrected chi connectivity index (χ2v) is 2.19. The van der Waals surface area contributed by atoms with E-state index in [2.05, 4.69) is 10.0 Å². The van der Waals surface area contributed by atoms with E-state index in [4.69, 9.17) is 5.53 Å². The van der Waals surface area contributed by atoms with Gasteiger partial charge in [0.2, 0.25) is 0 Å². The summed E-state index contributed by atoms with van der Waals surface area (Å²) in [5.41, 5.74) is 7.91. The minimum atomic E-state index is 0.00868. The fourth-order valence-corrected chi connectivity index (χ4v) is 0.389. The molecule has 38 valence electrons. The predicted octanol–water partition coefficient (Wildman–Crippen LogP) is 1.85. The number of rotatable bonds is 1. The van der Waals surface area contributed by atoms with Crippen LogP contribution in [0.15, 0.2) is 5.11 Å². The smallest absolute Gasteiger partial charge is 0.0460 e. The highest BCUT2D eigenvalue weighted by molar-refractivity contribution is 4.97. The van der Waals surface area contributed by atoms with Crippen LogP contribution in [0.4, 0.5) is 0 Å². The lowest BCUT2D eigenvalue weighted by molar-refractivity contribution is 0.753. The van der Waals surface area contributed by atoms with Crippen LogP contribution in [-0.4, -0.2) is 5.54 Å². The Morgan fingerprint density at radius 2 is 2.29 bits per heavy atom. The summed E-state index contributed by atoms with van der Waals surface area (Å²) >= 11 is 0. The quantitative estimate of drug-likeness (QED) is 0.272. The lowest BCUT2D eigenvalue weighted by atomic mass is 10.4. The van der Waals surface area contributed by atoms with Gasteiger partial charge in [-0.25, -0.2) is 0 Å². The largest absolute Gasteiger partial charge is 0.0876 e. The Bertz CT molecular complexity index is 119. The van der Waals surface area contributed by atoms with Crippen LogP contribution in [0.2, 0.25) is 0 Å². The van der Waals surface area contributed by atoms with Crippen molar-refractivity contribution in [3.63, 3.8) is 0 Å². The normalized spacial score (nSPS) is 23.0. The first-order valence-electron chi connectivity index (χ1n) is 2.33. The maximum absolute atomic E-state index is 7.90. The molecule has 3 nitrogen and oxygen atoms in total. The van der Waals surface area contributed by atoms with Crippen LogP contribution in [0.5, 0.6) is 0 Å². The summed E-state index contributed by atoms with van der Waals surface area (Å²) in [6.45, 7) is 1.96. The van der Waals surface area contributed by atoms with Crippen LogP contribution in [0.3, 0.4) is 0 Å². The minimum Gasteiger partial charge on any atom is -0.0876 e. The Labute approximate surface area is 42.0 Å². The molecule has 7 heavy (non-hydrogen) atoms. The maximum atomic E-state index is 7.90. The van der Waals surface area contributed by atoms with Gasteiger partial charge in [0.25, 0.3) is 0 Å². The Balaban J connectivity index is 2.55. The number of hydrogen-bond donors (Lipinski definition) is 0. The topological polar surface area (TPSA) is 48.8 Å². The first-order valence-corrected chi connectivity index (χ1v) is 2.33. The summed E-state index contributed by atoms with van der Waals surface area (Å²) in [6.07, 6.45) is 2.13. The molecular formula is C4H7N3. The molecule has 0 heterocycles. The zero-order chi connectivity index (χ0) is 5.33. The molecule has 0 atom stereocenters. The van der Waals surface area contributed by atoms with Crippen molar-refractivity contribution in [2.75, 3.05) is 0 Å². The van der Waals surface area contributed by atoms with Crippen molar-refractivity contribution in [3.8, 4) is 0 Å². The molecule has 1 fully saturated rings. The van der Waals surface area contributed by atoms with Crippen molar-refractivity contribution in [1.82, 2.24) is 0 Å². The van der Waals surface area contributed by atoms with Gasteiger partial charge in [-0.15, -0.1) is 0 Å². The highest BCUT2D eigenvalue weighted by Gasteiger charge is 2.35. The molecule has 0 amide bonds. The second-order valence-electron chi connectivity index (χ2n) is 2.19. The van der Waals surface area contributed by atoms with Gasteiger partial charge in [0.15, 0.2) is 0 Å². The zero-order valence-corrected chi connectivity index (χ0v) is 4.26. The van der Waals surface area contributed by atoms with Gasteiger partial charge in [-0.3, -0.25) is 0 Å². The zero-order valence-electron chi connectivity index (χ0n) is 4.26. The summed E-state index contributed by atoms with van der Waals surface area (Å²) in [7, 11) is 0. The molecule has 0 N–H and O–H groups in total. The van der Waals surface area contributed by atoms with E-state index < -0.39 is 0 Å². The van der Waals surface area contributed by atoms with Crippen LogP contribution in [0.25, 0.3) is 10.4 Å². The summed E-state index contributed by atoms with van der Waals surface area (Å²) in [5.74, 6) is 0. The van der Waals surface area contributed by atoms with Gasteiger partial charge in [0.1, 0.15) is 0 Å². The highest BCUT2D eigenvalue weighted by Crippen LogP contribution is 2.38. The van der Waals surface area contributed by atoms with Crippen molar-refractivity contribution >= 4 is 0 Å². The summed E-state index contributed by atoms with van der Waals surface area (Å²) in [4.78, 5) is 2.69. The minimum absolute atomic E-state index is 0.00868. The summed E-state index contributed by atoms with van der Waals surface area (Å²) in [6, 6.07) is 0. The molecule has 3 heteroatoms. The Morgan fingerprint density at radius 1 is 1.71 bits per heavy atom. The highest BCUT2D eigenvalue weighted by atomic mass is 15.2. The van der Waals surface area contributed by atoms with E-state index in [0.717, 1.165) is 12.8 Å². The standard InChI is InChI=1S/C4H7N3/c1-4(2-3-4)6-7-5/h2-3H2,1H3. The van der Waals surface area contributed by atoms with E-state index in [0.29, 0.717) is 0 Å². The molecule has 1 aliphatic carbocycles. The Morgan fingerprint density at radius 3 is 2.43 bits per heavy atom. The summed E-state index contributed by atoms with van der Waals surface area (Å²) in [5, 5.41) is 3.55. The van der Waals surface area contributed by atoms with Gasteiger partial charge in [-0.2, -0.15) is 0 Å². The number of azide groups is 1. The van der Waals surface area contributed by atoms with E-state index >= 15 is 0 Å². The lowest BCUT2D eigenvalue weighted by Crippen LogP contribution is -1.90. The SMILES string of the molecule is CC1(N=[N+]=[N-])CC1. The van der Waals surface area contributed by atoms with Crippen molar-refractivity contribution in [3.05, 3.63) is 10.4 Å². The molecule has 0 radical (unpaired) electrons. The monoisotopic (exact) mass is 97.1 g/mol. The van der Waals surface area contributed by atoms with Gasteiger partial charge in [-0.1, -0.05) is 12.0 Å². The lowest BCUT2D eigenvalue weighted by Gasteiger charge is -1.88. The third-order valence-electron chi connectivity index (χ3n) is 1.26. The molecular weight excluding hydrogens is 90.1 g/mol. The molecule has 0 saturated heterocycles. The van der Waals surface area contributed by atoms with E-state index in [1.807, 2.05) is 6.92 Å². The van der Waals surface area contributed by atoms with Crippen molar-refractivity contribution in [1.29, 1.82) is 0 Å². The molecule has 0 aromatic heterocycles. The molecule has 1 saturated carbocycles. The summed E-state index contributed by atoms with van der Waals surface area (Å²) < 4.78 is 0. The van der Waals surface area contributed by atoms with Crippen LogP contribution in [0.1, 0.15) is 19.8 Å². The molecule has 0 spiro atoms. The second kappa shape index (κ2) is 1.14. The average Bonchev–Trinajstić information content (AvgIpc) is 2.22.